The monoisotopic (exact) mass is 340 g/mol. The van der Waals surface area contributed by atoms with Crippen LogP contribution in [0.25, 0.3) is 0 Å². The van der Waals surface area contributed by atoms with E-state index >= 15 is 0 Å². The van der Waals surface area contributed by atoms with Gasteiger partial charge in [-0.3, -0.25) is 19.3 Å². The van der Waals surface area contributed by atoms with E-state index in [1.807, 2.05) is 17.5 Å². The van der Waals surface area contributed by atoms with Crippen LogP contribution in [0.2, 0.25) is 0 Å². The summed E-state index contributed by atoms with van der Waals surface area (Å²) < 4.78 is 0. The van der Waals surface area contributed by atoms with Gasteiger partial charge in [0.1, 0.15) is 0 Å². The number of nitrogens with zero attached hydrogens (tertiary/aromatic N) is 2. The molecule has 0 saturated heterocycles. The SMILES string of the molecule is C=CCN1C(=O)c2ccc(C(=O)N(C)Cc3cccs3)cc2C1=O. The van der Waals surface area contributed by atoms with Crippen molar-refractivity contribution >= 4 is 29.1 Å². The molecule has 6 heteroatoms. The fourth-order valence-electron chi connectivity index (χ4n) is 2.65. The van der Waals surface area contributed by atoms with E-state index in [9.17, 15) is 14.4 Å². The summed E-state index contributed by atoms with van der Waals surface area (Å²) in [6, 6.07) is 8.55. The Kier molecular flexibility index (Phi) is 4.31. The molecule has 1 aliphatic rings. The molecule has 1 aromatic heterocycles. The minimum Gasteiger partial charge on any atom is -0.337 e. The first-order valence-corrected chi connectivity index (χ1v) is 8.30. The Hall–Kier alpha value is -2.73. The first kappa shape index (κ1) is 16.1. The van der Waals surface area contributed by atoms with E-state index < -0.39 is 0 Å². The highest BCUT2D eigenvalue weighted by molar-refractivity contribution is 7.09. The molecular formula is C18H16N2O3S. The van der Waals surface area contributed by atoms with Crippen LogP contribution in [0.1, 0.15) is 36.0 Å². The van der Waals surface area contributed by atoms with Crippen molar-refractivity contribution in [1.29, 1.82) is 0 Å². The molecule has 3 rings (SSSR count). The average Bonchev–Trinajstić information content (AvgIpc) is 3.17. The fourth-order valence-corrected chi connectivity index (χ4v) is 3.40. The number of imide groups is 1. The number of hydrogen-bond donors (Lipinski definition) is 0. The maximum atomic E-state index is 12.6. The van der Waals surface area contributed by atoms with Crippen LogP contribution >= 0.6 is 11.3 Å². The predicted molar refractivity (Wildman–Crippen MR) is 92.1 cm³/mol. The second-order valence-corrected chi connectivity index (χ2v) is 6.54. The van der Waals surface area contributed by atoms with Gasteiger partial charge in [0, 0.05) is 24.0 Å². The summed E-state index contributed by atoms with van der Waals surface area (Å²) in [5.74, 6) is -0.917. The number of hydrogen-bond acceptors (Lipinski definition) is 4. The Morgan fingerprint density at radius 1 is 1.25 bits per heavy atom. The van der Waals surface area contributed by atoms with Gasteiger partial charge in [-0.25, -0.2) is 0 Å². The third-order valence-electron chi connectivity index (χ3n) is 3.85. The van der Waals surface area contributed by atoms with Gasteiger partial charge in [0.2, 0.25) is 0 Å². The molecule has 1 aliphatic heterocycles. The van der Waals surface area contributed by atoms with Crippen molar-refractivity contribution in [2.75, 3.05) is 13.6 Å². The van der Waals surface area contributed by atoms with Gasteiger partial charge in [-0.1, -0.05) is 12.1 Å². The highest BCUT2D eigenvalue weighted by atomic mass is 32.1. The lowest BCUT2D eigenvalue weighted by Gasteiger charge is -2.16. The second-order valence-electron chi connectivity index (χ2n) is 5.51. The smallest absolute Gasteiger partial charge is 0.261 e. The molecule has 2 heterocycles. The van der Waals surface area contributed by atoms with E-state index in [1.54, 1.807) is 35.4 Å². The average molecular weight is 340 g/mol. The van der Waals surface area contributed by atoms with Crippen LogP contribution in [-0.4, -0.2) is 41.1 Å². The third-order valence-corrected chi connectivity index (χ3v) is 4.71. The summed E-state index contributed by atoms with van der Waals surface area (Å²) in [5.41, 5.74) is 1.01. The van der Waals surface area contributed by atoms with E-state index in [-0.39, 0.29) is 29.8 Å². The van der Waals surface area contributed by atoms with Crippen LogP contribution < -0.4 is 0 Å². The van der Waals surface area contributed by atoms with Crippen molar-refractivity contribution in [3.63, 3.8) is 0 Å². The summed E-state index contributed by atoms with van der Waals surface area (Å²) >= 11 is 1.58. The zero-order valence-electron chi connectivity index (χ0n) is 13.2. The first-order valence-electron chi connectivity index (χ1n) is 7.42. The number of fused-ring (bicyclic) bond motifs is 1. The molecule has 1 aromatic carbocycles. The molecule has 0 unspecified atom stereocenters. The first-order chi connectivity index (χ1) is 11.5. The number of carbonyl (C=O) groups is 3. The number of amides is 3. The molecule has 2 aromatic rings. The molecule has 5 nitrogen and oxygen atoms in total. The lowest BCUT2D eigenvalue weighted by atomic mass is 10.0. The summed E-state index contributed by atoms with van der Waals surface area (Å²) in [7, 11) is 1.71. The van der Waals surface area contributed by atoms with Crippen LogP contribution in [-0.2, 0) is 6.54 Å². The highest BCUT2D eigenvalue weighted by Crippen LogP contribution is 2.24. The lowest BCUT2D eigenvalue weighted by molar-refractivity contribution is 0.0671. The van der Waals surface area contributed by atoms with Gasteiger partial charge in [-0.2, -0.15) is 0 Å². The van der Waals surface area contributed by atoms with Gasteiger partial charge >= 0.3 is 0 Å². The Balaban J connectivity index is 1.84. The van der Waals surface area contributed by atoms with Crippen molar-refractivity contribution in [2.24, 2.45) is 0 Å². The van der Waals surface area contributed by atoms with E-state index in [1.165, 1.54) is 12.1 Å². The number of thiophene rings is 1. The molecule has 3 amide bonds. The maximum absolute atomic E-state index is 12.6. The normalized spacial score (nSPS) is 13.1. The standard InChI is InChI=1S/C18H16N2O3S/c1-3-8-20-17(22)14-7-6-12(10-15(14)18(20)23)16(21)19(2)11-13-5-4-9-24-13/h3-7,9-10H,1,8,11H2,2H3. The molecule has 0 saturated carbocycles. The third kappa shape index (κ3) is 2.76. The lowest BCUT2D eigenvalue weighted by Crippen LogP contribution is -2.29. The van der Waals surface area contributed by atoms with Gasteiger partial charge in [0.25, 0.3) is 17.7 Å². The quantitative estimate of drug-likeness (QED) is 0.621. The molecule has 0 N–H and O–H groups in total. The van der Waals surface area contributed by atoms with E-state index in [4.69, 9.17) is 0 Å². The van der Waals surface area contributed by atoms with Crippen molar-refractivity contribution in [2.45, 2.75) is 6.54 Å². The molecule has 0 fully saturated rings. The topological polar surface area (TPSA) is 57.7 Å². The van der Waals surface area contributed by atoms with Gasteiger partial charge in [0.05, 0.1) is 17.7 Å². The van der Waals surface area contributed by atoms with Gasteiger partial charge < -0.3 is 4.90 Å². The summed E-state index contributed by atoms with van der Waals surface area (Å²) in [5, 5.41) is 1.96. The van der Waals surface area contributed by atoms with E-state index in [2.05, 4.69) is 6.58 Å². The van der Waals surface area contributed by atoms with Crippen LogP contribution in [0.15, 0.2) is 48.4 Å². The molecular weight excluding hydrogens is 324 g/mol. The van der Waals surface area contributed by atoms with E-state index in [0.29, 0.717) is 17.7 Å². The summed E-state index contributed by atoms with van der Waals surface area (Å²) in [6.45, 7) is 4.22. The number of carbonyl (C=O) groups excluding carboxylic acids is 3. The van der Waals surface area contributed by atoms with Crippen LogP contribution in [0, 0.1) is 0 Å². The van der Waals surface area contributed by atoms with Gasteiger partial charge in [0.15, 0.2) is 0 Å². The molecule has 0 radical (unpaired) electrons. The summed E-state index contributed by atoms with van der Waals surface area (Å²) in [6.07, 6.45) is 1.50. The van der Waals surface area contributed by atoms with Crippen LogP contribution in [0.5, 0.6) is 0 Å². The van der Waals surface area contributed by atoms with Gasteiger partial charge in [-0.15, -0.1) is 17.9 Å². The fraction of sp³-hybridized carbons (Fsp3) is 0.167. The van der Waals surface area contributed by atoms with Crippen molar-refractivity contribution in [1.82, 2.24) is 9.80 Å². The van der Waals surface area contributed by atoms with E-state index in [0.717, 1.165) is 9.78 Å². The highest BCUT2D eigenvalue weighted by Gasteiger charge is 2.35. The Labute approximate surface area is 143 Å². The predicted octanol–water partition coefficient (Wildman–Crippen LogP) is 2.80. The molecule has 122 valence electrons. The number of benzene rings is 1. The van der Waals surface area contributed by atoms with Gasteiger partial charge in [-0.05, 0) is 29.6 Å². The zero-order chi connectivity index (χ0) is 17.3. The number of rotatable bonds is 5. The zero-order valence-corrected chi connectivity index (χ0v) is 14.0. The summed E-state index contributed by atoms with van der Waals surface area (Å²) in [4.78, 5) is 40.9. The molecule has 0 bridgehead atoms. The largest absolute Gasteiger partial charge is 0.337 e. The Morgan fingerprint density at radius 3 is 2.67 bits per heavy atom. The minimum absolute atomic E-state index is 0.161. The van der Waals surface area contributed by atoms with Crippen LogP contribution in [0.4, 0.5) is 0 Å². The van der Waals surface area contributed by atoms with Crippen LogP contribution in [0.3, 0.4) is 0 Å². The molecule has 0 atom stereocenters. The van der Waals surface area contributed by atoms with Crippen molar-refractivity contribution < 1.29 is 14.4 Å². The Morgan fingerprint density at radius 2 is 2.00 bits per heavy atom. The molecule has 0 aliphatic carbocycles. The van der Waals surface area contributed by atoms with Crippen molar-refractivity contribution in [3.8, 4) is 0 Å². The Bertz CT molecular complexity index is 827. The second kappa shape index (κ2) is 6.41. The molecule has 24 heavy (non-hydrogen) atoms. The maximum Gasteiger partial charge on any atom is 0.261 e. The molecule has 0 spiro atoms. The van der Waals surface area contributed by atoms with Crippen molar-refractivity contribution in [3.05, 3.63) is 69.9 Å². The minimum atomic E-state index is -0.384.